The van der Waals surface area contributed by atoms with Crippen molar-refractivity contribution in [1.29, 1.82) is 0 Å². The lowest BCUT2D eigenvalue weighted by atomic mass is 10.0. The minimum Gasteiger partial charge on any atom is -0.371 e. The SMILES string of the molecule is CC(N)Cc1ccc(Br)cc1N1CCCCC1. The molecule has 0 radical (unpaired) electrons. The van der Waals surface area contributed by atoms with Crippen molar-refractivity contribution in [3.05, 3.63) is 28.2 Å². The molecule has 0 aromatic heterocycles. The maximum Gasteiger partial charge on any atom is 0.0410 e. The second-order valence-corrected chi connectivity index (χ2v) is 5.92. The molecule has 2 rings (SSSR count). The molecule has 1 aromatic carbocycles. The summed E-state index contributed by atoms with van der Waals surface area (Å²) in [5.74, 6) is 0. The summed E-state index contributed by atoms with van der Waals surface area (Å²) in [6, 6.07) is 6.78. The Morgan fingerprint density at radius 2 is 2.00 bits per heavy atom. The van der Waals surface area contributed by atoms with E-state index in [9.17, 15) is 0 Å². The van der Waals surface area contributed by atoms with Crippen molar-refractivity contribution in [3.8, 4) is 0 Å². The van der Waals surface area contributed by atoms with Gasteiger partial charge in [-0.2, -0.15) is 0 Å². The lowest BCUT2D eigenvalue weighted by Gasteiger charge is -2.31. The Kier molecular flexibility index (Phi) is 4.46. The van der Waals surface area contributed by atoms with E-state index >= 15 is 0 Å². The van der Waals surface area contributed by atoms with Crippen molar-refractivity contribution in [1.82, 2.24) is 0 Å². The van der Waals surface area contributed by atoms with Crippen LogP contribution in [0.1, 0.15) is 31.7 Å². The van der Waals surface area contributed by atoms with Gasteiger partial charge in [0.1, 0.15) is 0 Å². The summed E-state index contributed by atoms with van der Waals surface area (Å²) in [6.07, 6.45) is 4.94. The summed E-state index contributed by atoms with van der Waals surface area (Å²) in [7, 11) is 0. The number of hydrogen-bond donors (Lipinski definition) is 1. The first kappa shape index (κ1) is 12.9. The maximum atomic E-state index is 5.93. The Morgan fingerprint density at radius 3 is 2.65 bits per heavy atom. The van der Waals surface area contributed by atoms with Crippen LogP contribution in [-0.4, -0.2) is 19.1 Å². The van der Waals surface area contributed by atoms with Crippen molar-refractivity contribution in [2.24, 2.45) is 5.73 Å². The van der Waals surface area contributed by atoms with Gasteiger partial charge in [-0.15, -0.1) is 0 Å². The fraction of sp³-hybridized carbons (Fsp3) is 0.571. The minimum absolute atomic E-state index is 0.222. The number of piperidine rings is 1. The Morgan fingerprint density at radius 1 is 1.29 bits per heavy atom. The van der Waals surface area contributed by atoms with Crippen molar-refractivity contribution in [2.75, 3.05) is 18.0 Å². The van der Waals surface area contributed by atoms with Crippen LogP contribution in [-0.2, 0) is 6.42 Å². The zero-order valence-corrected chi connectivity index (χ0v) is 12.0. The third kappa shape index (κ3) is 3.46. The predicted octanol–water partition coefficient (Wildman–Crippen LogP) is 3.33. The summed E-state index contributed by atoms with van der Waals surface area (Å²) in [5.41, 5.74) is 8.68. The fourth-order valence-electron chi connectivity index (χ4n) is 2.49. The zero-order chi connectivity index (χ0) is 12.3. The topological polar surface area (TPSA) is 29.3 Å². The van der Waals surface area contributed by atoms with Gasteiger partial charge < -0.3 is 10.6 Å². The molecular weight excluding hydrogens is 276 g/mol. The highest BCUT2D eigenvalue weighted by molar-refractivity contribution is 9.10. The van der Waals surface area contributed by atoms with Crippen LogP contribution in [0, 0.1) is 0 Å². The lowest BCUT2D eigenvalue weighted by molar-refractivity contribution is 0.575. The van der Waals surface area contributed by atoms with Crippen molar-refractivity contribution >= 4 is 21.6 Å². The third-order valence-corrected chi connectivity index (χ3v) is 3.78. The predicted molar refractivity (Wildman–Crippen MR) is 77.6 cm³/mol. The number of anilines is 1. The zero-order valence-electron chi connectivity index (χ0n) is 10.5. The molecule has 2 N–H and O–H groups in total. The number of nitrogens with zero attached hydrogens (tertiary/aromatic N) is 1. The molecule has 1 aliphatic heterocycles. The molecule has 1 heterocycles. The number of nitrogens with two attached hydrogens (primary N) is 1. The van der Waals surface area contributed by atoms with Crippen LogP contribution in [0.2, 0.25) is 0 Å². The van der Waals surface area contributed by atoms with E-state index in [0.29, 0.717) is 0 Å². The summed E-state index contributed by atoms with van der Waals surface area (Å²) in [5, 5.41) is 0. The van der Waals surface area contributed by atoms with Crippen LogP contribution in [0.25, 0.3) is 0 Å². The summed E-state index contributed by atoms with van der Waals surface area (Å²) in [4.78, 5) is 2.51. The first-order chi connectivity index (χ1) is 8.16. The smallest absolute Gasteiger partial charge is 0.0410 e. The molecule has 3 heteroatoms. The third-order valence-electron chi connectivity index (χ3n) is 3.29. The maximum absolute atomic E-state index is 5.93. The highest BCUT2D eigenvalue weighted by atomic mass is 79.9. The van der Waals surface area contributed by atoms with Gasteiger partial charge in [-0.3, -0.25) is 0 Å². The standard InChI is InChI=1S/C14H21BrN2/c1-11(16)9-12-5-6-13(15)10-14(12)17-7-3-2-4-8-17/h5-6,10-11H,2-4,7-9,16H2,1H3. The average molecular weight is 297 g/mol. The molecular formula is C14H21BrN2. The van der Waals surface area contributed by atoms with Crippen LogP contribution in [0.15, 0.2) is 22.7 Å². The molecule has 17 heavy (non-hydrogen) atoms. The van der Waals surface area contributed by atoms with Crippen LogP contribution in [0.3, 0.4) is 0 Å². The highest BCUT2D eigenvalue weighted by Gasteiger charge is 2.15. The van der Waals surface area contributed by atoms with Crippen molar-refractivity contribution in [3.63, 3.8) is 0 Å². The second kappa shape index (κ2) is 5.87. The monoisotopic (exact) mass is 296 g/mol. The van der Waals surface area contributed by atoms with Gasteiger partial charge in [0.25, 0.3) is 0 Å². The quantitative estimate of drug-likeness (QED) is 0.927. The molecule has 1 saturated heterocycles. The molecule has 1 atom stereocenters. The van der Waals surface area contributed by atoms with E-state index in [1.54, 1.807) is 0 Å². The van der Waals surface area contributed by atoms with E-state index < -0.39 is 0 Å². The van der Waals surface area contributed by atoms with Crippen molar-refractivity contribution in [2.45, 2.75) is 38.6 Å². The van der Waals surface area contributed by atoms with Crippen LogP contribution >= 0.6 is 15.9 Å². The minimum atomic E-state index is 0.222. The van der Waals surface area contributed by atoms with E-state index in [-0.39, 0.29) is 6.04 Å². The summed E-state index contributed by atoms with van der Waals surface area (Å²) >= 11 is 3.57. The van der Waals surface area contributed by atoms with Crippen LogP contribution < -0.4 is 10.6 Å². The molecule has 1 aliphatic rings. The van der Waals surface area contributed by atoms with Gasteiger partial charge in [-0.05, 0) is 50.3 Å². The number of benzene rings is 1. The molecule has 0 saturated carbocycles. The second-order valence-electron chi connectivity index (χ2n) is 5.00. The van der Waals surface area contributed by atoms with Gasteiger partial charge in [0, 0.05) is 29.3 Å². The molecule has 0 amide bonds. The number of rotatable bonds is 3. The van der Waals surface area contributed by atoms with Gasteiger partial charge in [0.15, 0.2) is 0 Å². The first-order valence-electron chi connectivity index (χ1n) is 6.46. The Hall–Kier alpha value is -0.540. The molecule has 0 spiro atoms. The van der Waals surface area contributed by atoms with Gasteiger partial charge >= 0.3 is 0 Å². The highest BCUT2D eigenvalue weighted by Crippen LogP contribution is 2.28. The van der Waals surface area contributed by atoms with E-state index in [0.717, 1.165) is 10.9 Å². The van der Waals surface area contributed by atoms with Crippen LogP contribution in [0.5, 0.6) is 0 Å². The molecule has 2 nitrogen and oxygen atoms in total. The van der Waals surface area contributed by atoms with E-state index in [1.807, 2.05) is 0 Å². The van der Waals surface area contributed by atoms with E-state index in [4.69, 9.17) is 5.73 Å². The summed E-state index contributed by atoms with van der Waals surface area (Å²) < 4.78 is 1.16. The van der Waals surface area contributed by atoms with Gasteiger partial charge in [0.2, 0.25) is 0 Å². The number of hydrogen-bond acceptors (Lipinski definition) is 2. The summed E-state index contributed by atoms with van der Waals surface area (Å²) in [6.45, 7) is 4.44. The normalized spacial score (nSPS) is 18.2. The number of halogens is 1. The molecule has 1 aromatic rings. The van der Waals surface area contributed by atoms with Crippen molar-refractivity contribution < 1.29 is 0 Å². The Bertz CT molecular complexity index is 370. The van der Waals surface area contributed by atoms with Gasteiger partial charge in [0.05, 0.1) is 0 Å². The fourth-order valence-corrected chi connectivity index (χ4v) is 2.83. The van der Waals surface area contributed by atoms with Gasteiger partial charge in [-0.1, -0.05) is 22.0 Å². The Balaban J connectivity index is 2.25. The lowest BCUT2D eigenvalue weighted by Crippen LogP contribution is -2.31. The van der Waals surface area contributed by atoms with E-state index in [2.05, 4.69) is 46.0 Å². The molecule has 0 bridgehead atoms. The largest absolute Gasteiger partial charge is 0.371 e. The van der Waals surface area contributed by atoms with E-state index in [1.165, 1.54) is 43.6 Å². The first-order valence-corrected chi connectivity index (χ1v) is 7.25. The molecule has 94 valence electrons. The average Bonchev–Trinajstić information content (AvgIpc) is 2.32. The molecule has 1 fully saturated rings. The molecule has 1 unspecified atom stereocenters. The Labute approximate surface area is 112 Å². The van der Waals surface area contributed by atoms with Gasteiger partial charge in [-0.25, -0.2) is 0 Å². The molecule has 0 aliphatic carbocycles. The van der Waals surface area contributed by atoms with Crippen LogP contribution in [0.4, 0.5) is 5.69 Å².